The van der Waals surface area contributed by atoms with Crippen LogP contribution in [-0.4, -0.2) is 48.9 Å². The fourth-order valence-electron chi connectivity index (χ4n) is 2.98. The van der Waals surface area contributed by atoms with Crippen molar-refractivity contribution in [3.63, 3.8) is 0 Å². The fourth-order valence-corrected chi connectivity index (χ4v) is 4.53. The molecule has 1 fully saturated rings. The molecular formula is C17H17ClN4O2S. The van der Waals surface area contributed by atoms with Crippen LogP contribution < -0.4 is 4.90 Å². The Labute approximate surface area is 151 Å². The van der Waals surface area contributed by atoms with Gasteiger partial charge >= 0.3 is 0 Å². The van der Waals surface area contributed by atoms with Crippen molar-refractivity contribution in [1.29, 1.82) is 0 Å². The van der Waals surface area contributed by atoms with Gasteiger partial charge < -0.3 is 9.88 Å². The molecule has 8 heteroatoms. The van der Waals surface area contributed by atoms with Gasteiger partial charge in [-0.2, -0.15) is 4.31 Å². The Kier molecular flexibility index (Phi) is 4.15. The van der Waals surface area contributed by atoms with E-state index >= 15 is 0 Å². The van der Waals surface area contributed by atoms with Gasteiger partial charge in [0.25, 0.3) is 0 Å². The molecule has 1 aliphatic rings. The van der Waals surface area contributed by atoms with Crippen molar-refractivity contribution in [2.24, 2.45) is 0 Å². The normalized spacial score (nSPS) is 16.4. The van der Waals surface area contributed by atoms with Crippen LogP contribution in [0.2, 0.25) is 5.02 Å². The van der Waals surface area contributed by atoms with Gasteiger partial charge in [-0.25, -0.2) is 13.4 Å². The Hall–Kier alpha value is -2.09. The van der Waals surface area contributed by atoms with Crippen molar-refractivity contribution < 1.29 is 8.42 Å². The van der Waals surface area contributed by atoms with E-state index in [-0.39, 0.29) is 4.90 Å². The number of sulfonamides is 1. The summed E-state index contributed by atoms with van der Waals surface area (Å²) in [6.07, 6.45) is 0. The van der Waals surface area contributed by atoms with E-state index < -0.39 is 10.0 Å². The number of aromatic nitrogens is 2. The number of benzene rings is 2. The average Bonchev–Trinajstić information content (AvgIpc) is 3.06. The van der Waals surface area contributed by atoms with Gasteiger partial charge in [-0.3, -0.25) is 0 Å². The number of nitrogens with zero attached hydrogens (tertiary/aromatic N) is 3. The second-order valence-electron chi connectivity index (χ2n) is 5.92. The molecule has 1 aromatic heterocycles. The molecular weight excluding hydrogens is 360 g/mol. The van der Waals surface area contributed by atoms with Gasteiger partial charge in [-0.15, -0.1) is 0 Å². The first-order valence-electron chi connectivity index (χ1n) is 7.99. The third kappa shape index (κ3) is 3.10. The number of para-hydroxylation sites is 2. The Bertz CT molecular complexity index is 960. The molecule has 4 rings (SSSR count). The molecule has 0 bridgehead atoms. The molecule has 6 nitrogen and oxygen atoms in total. The number of fused-ring (bicyclic) bond motifs is 1. The Morgan fingerprint density at radius 2 is 1.64 bits per heavy atom. The molecule has 25 heavy (non-hydrogen) atoms. The summed E-state index contributed by atoms with van der Waals surface area (Å²) in [5, 5.41) is 0.522. The van der Waals surface area contributed by atoms with E-state index in [9.17, 15) is 8.42 Å². The van der Waals surface area contributed by atoms with Crippen LogP contribution in [0.25, 0.3) is 11.0 Å². The lowest BCUT2D eigenvalue weighted by atomic mass is 10.3. The largest absolute Gasteiger partial charge is 0.340 e. The third-order valence-corrected chi connectivity index (χ3v) is 6.53. The maximum Gasteiger partial charge on any atom is 0.243 e. The van der Waals surface area contributed by atoms with Crippen molar-refractivity contribution >= 4 is 38.6 Å². The molecule has 1 N–H and O–H groups in total. The molecule has 0 atom stereocenters. The Morgan fingerprint density at radius 1 is 0.960 bits per heavy atom. The lowest BCUT2D eigenvalue weighted by molar-refractivity contribution is 0.383. The van der Waals surface area contributed by atoms with Gasteiger partial charge in [0, 0.05) is 31.2 Å². The highest BCUT2D eigenvalue weighted by molar-refractivity contribution is 7.89. The summed E-state index contributed by atoms with van der Waals surface area (Å²) in [6.45, 7) is 2.02. The SMILES string of the molecule is O=S(=O)(c1ccc(Cl)cc1)N1CCN(c2nc3ccccc3[nH]2)CC1. The highest BCUT2D eigenvalue weighted by Crippen LogP contribution is 2.22. The Morgan fingerprint density at radius 3 is 2.32 bits per heavy atom. The number of halogens is 1. The third-order valence-electron chi connectivity index (χ3n) is 4.37. The first-order chi connectivity index (χ1) is 12.0. The number of hydrogen-bond acceptors (Lipinski definition) is 4. The van der Waals surface area contributed by atoms with E-state index in [1.807, 2.05) is 24.3 Å². The first-order valence-corrected chi connectivity index (χ1v) is 9.81. The second-order valence-corrected chi connectivity index (χ2v) is 8.30. The number of H-pyrrole nitrogens is 1. The molecule has 2 aromatic carbocycles. The van der Waals surface area contributed by atoms with Gasteiger partial charge in [0.1, 0.15) is 0 Å². The smallest absolute Gasteiger partial charge is 0.243 e. The van der Waals surface area contributed by atoms with Crippen LogP contribution in [-0.2, 0) is 10.0 Å². The molecule has 1 aliphatic heterocycles. The minimum absolute atomic E-state index is 0.272. The van der Waals surface area contributed by atoms with Crippen molar-refractivity contribution in [3.8, 4) is 0 Å². The van der Waals surface area contributed by atoms with Gasteiger partial charge in [0.05, 0.1) is 15.9 Å². The molecule has 0 amide bonds. The first kappa shape index (κ1) is 16.4. The standard InChI is InChI=1S/C17H17ClN4O2S/c18-13-5-7-14(8-6-13)25(23,24)22-11-9-21(10-12-22)17-19-15-3-1-2-4-16(15)20-17/h1-8H,9-12H2,(H,19,20). The van der Waals surface area contributed by atoms with Crippen LogP contribution in [0.3, 0.4) is 0 Å². The molecule has 0 radical (unpaired) electrons. The molecule has 130 valence electrons. The van der Waals surface area contributed by atoms with E-state index in [2.05, 4.69) is 14.9 Å². The summed E-state index contributed by atoms with van der Waals surface area (Å²) >= 11 is 5.84. The zero-order chi connectivity index (χ0) is 17.4. The highest BCUT2D eigenvalue weighted by atomic mass is 35.5. The van der Waals surface area contributed by atoms with Crippen molar-refractivity contribution in [1.82, 2.24) is 14.3 Å². The number of imidazole rings is 1. The molecule has 0 aliphatic carbocycles. The predicted molar refractivity (Wildman–Crippen MR) is 98.5 cm³/mol. The maximum absolute atomic E-state index is 12.7. The lowest BCUT2D eigenvalue weighted by Gasteiger charge is -2.33. The number of piperazine rings is 1. The minimum atomic E-state index is -3.49. The van der Waals surface area contributed by atoms with Crippen LogP contribution in [0.4, 0.5) is 5.95 Å². The number of nitrogens with one attached hydrogen (secondary N) is 1. The monoisotopic (exact) mass is 376 g/mol. The summed E-state index contributed by atoms with van der Waals surface area (Å²) in [7, 11) is -3.49. The quantitative estimate of drug-likeness (QED) is 0.763. The van der Waals surface area contributed by atoms with Crippen LogP contribution in [0.5, 0.6) is 0 Å². The Balaban J connectivity index is 1.50. The van der Waals surface area contributed by atoms with Gasteiger partial charge in [-0.05, 0) is 36.4 Å². The van der Waals surface area contributed by atoms with E-state index in [4.69, 9.17) is 11.6 Å². The topological polar surface area (TPSA) is 69.3 Å². The van der Waals surface area contributed by atoms with Crippen LogP contribution >= 0.6 is 11.6 Å². The van der Waals surface area contributed by atoms with E-state index in [0.717, 1.165) is 17.0 Å². The summed E-state index contributed by atoms with van der Waals surface area (Å²) in [6, 6.07) is 14.1. The van der Waals surface area contributed by atoms with Crippen LogP contribution in [0, 0.1) is 0 Å². The van der Waals surface area contributed by atoms with Crippen molar-refractivity contribution in [2.75, 3.05) is 31.1 Å². The second kappa shape index (κ2) is 6.33. The van der Waals surface area contributed by atoms with E-state index in [1.54, 1.807) is 24.3 Å². The molecule has 3 aromatic rings. The predicted octanol–water partition coefficient (Wildman–Crippen LogP) is 2.73. The maximum atomic E-state index is 12.7. The van der Waals surface area contributed by atoms with Crippen molar-refractivity contribution in [2.45, 2.75) is 4.90 Å². The lowest BCUT2D eigenvalue weighted by Crippen LogP contribution is -2.49. The molecule has 2 heterocycles. The molecule has 0 unspecified atom stereocenters. The number of anilines is 1. The molecule has 0 saturated carbocycles. The zero-order valence-corrected chi connectivity index (χ0v) is 15.0. The van der Waals surface area contributed by atoms with Gasteiger partial charge in [0.15, 0.2) is 0 Å². The minimum Gasteiger partial charge on any atom is -0.340 e. The summed E-state index contributed by atoms with van der Waals surface area (Å²) in [5.41, 5.74) is 1.89. The van der Waals surface area contributed by atoms with E-state index in [1.165, 1.54) is 4.31 Å². The summed E-state index contributed by atoms with van der Waals surface area (Å²) < 4.78 is 27.0. The molecule has 1 saturated heterocycles. The number of hydrogen-bond donors (Lipinski definition) is 1. The van der Waals surface area contributed by atoms with Gasteiger partial charge in [0.2, 0.25) is 16.0 Å². The summed E-state index contributed by atoms with van der Waals surface area (Å²) in [5.74, 6) is 0.782. The number of rotatable bonds is 3. The fraction of sp³-hybridized carbons (Fsp3) is 0.235. The van der Waals surface area contributed by atoms with Gasteiger partial charge in [-0.1, -0.05) is 23.7 Å². The average molecular weight is 377 g/mol. The molecule has 0 spiro atoms. The summed E-state index contributed by atoms with van der Waals surface area (Å²) in [4.78, 5) is 10.2. The number of aromatic amines is 1. The van der Waals surface area contributed by atoms with Crippen LogP contribution in [0.1, 0.15) is 0 Å². The van der Waals surface area contributed by atoms with E-state index in [0.29, 0.717) is 31.2 Å². The zero-order valence-electron chi connectivity index (χ0n) is 13.4. The van der Waals surface area contributed by atoms with Crippen molar-refractivity contribution in [3.05, 3.63) is 53.6 Å². The highest BCUT2D eigenvalue weighted by Gasteiger charge is 2.29. The van der Waals surface area contributed by atoms with Crippen LogP contribution in [0.15, 0.2) is 53.4 Å².